The third kappa shape index (κ3) is 2.17. The molecule has 3 atom stereocenters. The van der Waals surface area contributed by atoms with Gasteiger partial charge in [0.25, 0.3) is 0 Å². The van der Waals surface area contributed by atoms with Crippen LogP contribution >= 0.6 is 11.8 Å². The number of rotatable bonds is 3. The van der Waals surface area contributed by atoms with E-state index in [-0.39, 0.29) is 22.9 Å². The topological polar surface area (TPSA) is 77.6 Å². The molecule has 96 valence electrons. The van der Waals surface area contributed by atoms with Gasteiger partial charge in [0, 0.05) is 24.2 Å². The van der Waals surface area contributed by atoms with E-state index in [1.165, 1.54) is 11.8 Å². The van der Waals surface area contributed by atoms with Crippen molar-refractivity contribution in [1.82, 2.24) is 4.98 Å². The number of nitrogens with one attached hydrogen (secondary N) is 1. The summed E-state index contributed by atoms with van der Waals surface area (Å²) in [6.45, 7) is 0. The molecule has 2 fully saturated rings. The van der Waals surface area contributed by atoms with Crippen LogP contribution in [0.3, 0.4) is 0 Å². The number of hydrogen-bond acceptors (Lipinski definition) is 5. The zero-order valence-corrected chi connectivity index (χ0v) is 11.1. The number of carbonyl (C=O) groups is 1. The van der Waals surface area contributed by atoms with E-state index < -0.39 is 5.92 Å². The van der Waals surface area contributed by atoms with Crippen LogP contribution in [-0.2, 0) is 4.79 Å². The number of nitrogens with zero attached hydrogens (tertiary/aromatic N) is 2. The second-order valence-corrected chi connectivity index (χ2v) is 6.18. The maximum absolute atomic E-state index is 12.4. The Kier molecular flexibility index (Phi) is 3.11. The molecule has 1 aromatic heterocycles. The van der Waals surface area contributed by atoms with E-state index in [0.717, 1.165) is 18.4 Å². The van der Waals surface area contributed by atoms with Gasteiger partial charge < -0.3 is 0 Å². The zero-order valence-electron chi connectivity index (χ0n) is 10.2. The summed E-state index contributed by atoms with van der Waals surface area (Å²) in [4.78, 5) is 16.4. The standard InChI is InChI=1S/C14H13N3OS/c15-6-10-11(9-2-1-5-17-7-9)13(19-14(10)16)12(18)8-3-4-8/h1-2,5,7-8,10-11,13,16H,3-4H2/t10?,11-,13+/m0/s1. The summed E-state index contributed by atoms with van der Waals surface area (Å²) in [7, 11) is 0. The highest BCUT2D eigenvalue weighted by Gasteiger charge is 2.49. The second kappa shape index (κ2) is 4.78. The molecule has 0 spiro atoms. The number of nitriles is 1. The number of Topliss-reactive ketones (excluding diaryl/α,β-unsaturated/α-hetero) is 1. The van der Waals surface area contributed by atoms with Gasteiger partial charge in [-0.2, -0.15) is 5.26 Å². The molecule has 4 nitrogen and oxygen atoms in total. The first kappa shape index (κ1) is 12.4. The highest BCUT2D eigenvalue weighted by molar-refractivity contribution is 8.15. The van der Waals surface area contributed by atoms with Gasteiger partial charge in [-0.1, -0.05) is 17.8 Å². The normalized spacial score (nSPS) is 30.1. The lowest BCUT2D eigenvalue weighted by Crippen LogP contribution is -2.25. The van der Waals surface area contributed by atoms with Crippen LogP contribution < -0.4 is 0 Å². The van der Waals surface area contributed by atoms with Crippen LogP contribution in [0, 0.1) is 28.6 Å². The van der Waals surface area contributed by atoms with Gasteiger partial charge in [0.2, 0.25) is 0 Å². The summed E-state index contributed by atoms with van der Waals surface area (Å²) in [6.07, 6.45) is 5.30. The predicted octanol–water partition coefficient (Wildman–Crippen LogP) is 2.38. The van der Waals surface area contributed by atoms with Crippen molar-refractivity contribution in [3.63, 3.8) is 0 Å². The van der Waals surface area contributed by atoms with Gasteiger partial charge in [-0.25, -0.2) is 0 Å². The molecule has 0 bridgehead atoms. The molecule has 3 rings (SSSR count). The maximum atomic E-state index is 12.4. The van der Waals surface area contributed by atoms with Gasteiger partial charge in [0.15, 0.2) is 0 Å². The van der Waals surface area contributed by atoms with Gasteiger partial charge in [-0.3, -0.25) is 15.2 Å². The van der Waals surface area contributed by atoms with E-state index >= 15 is 0 Å². The summed E-state index contributed by atoms with van der Waals surface area (Å²) >= 11 is 1.26. The third-order valence-corrected chi connectivity index (χ3v) is 4.98. The molecular formula is C14H13N3OS. The molecule has 1 N–H and O–H groups in total. The number of aromatic nitrogens is 1. The van der Waals surface area contributed by atoms with E-state index in [4.69, 9.17) is 5.41 Å². The van der Waals surface area contributed by atoms with Gasteiger partial charge in [-0.15, -0.1) is 0 Å². The van der Waals surface area contributed by atoms with E-state index in [1.54, 1.807) is 12.4 Å². The molecule has 0 aromatic carbocycles. The largest absolute Gasteiger partial charge is 0.298 e. The fraction of sp³-hybridized carbons (Fsp3) is 0.429. The lowest BCUT2D eigenvalue weighted by Gasteiger charge is -2.18. The van der Waals surface area contributed by atoms with Crippen LogP contribution in [-0.4, -0.2) is 21.1 Å². The van der Waals surface area contributed by atoms with Gasteiger partial charge in [0.1, 0.15) is 11.7 Å². The lowest BCUT2D eigenvalue weighted by atomic mass is 9.83. The molecule has 0 amide bonds. The SMILES string of the molecule is N#CC1C(=N)S[C@@H](C(=O)C2CC2)[C@H]1c1cccnc1. The fourth-order valence-electron chi connectivity index (χ4n) is 2.54. The molecule has 1 saturated carbocycles. The molecule has 1 aliphatic heterocycles. The molecule has 1 saturated heterocycles. The van der Waals surface area contributed by atoms with Gasteiger partial charge in [0.05, 0.1) is 16.4 Å². The zero-order chi connectivity index (χ0) is 13.4. The van der Waals surface area contributed by atoms with Crippen LogP contribution in [0.5, 0.6) is 0 Å². The highest BCUT2D eigenvalue weighted by atomic mass is 32.2. The van der Waals surface area contributed by atoms with Crippen molar-refractivity contribution in [2.45, 2.75) is 24.0 Å². The van der Waals surface area contributed by atoms with Crippen LogP contribution in [0.1, 0.15) is 24.3 Å². The third-order valence-electron chi connectivity index (χ3n) is 3.69. The minimum atomic E-state index is -0.512. The van der Waals surface area contributed by atoms with E-state index in [2.05, 4.69) is 11.1 Å². The minimum absolute atomic E-state index is 0.155. The monoisotopic (exact) mass is 271 g/mol. The molecule has 1 aromatic rings. The van der Waals surface area contributed by atoms with Gasteiger partial charge in [-0.05, 0) is 24.5 Å². The average Bonchev–Trinajstić information content (AvgIpc) is 3.22. The first-order valence-electron chi connectivity index (χ1n) is 6.30. The fourth-order valence-corrected chi connectivity index (χ4v) is 3.92. The molecule has 1 unspecified atom stereocenters. The Morgan fingerprint density at radius 3 is 2.89 bits per heavy atom. The van der Waals surface area contributed by atoms with Crippen LogP contribution in [0.25, 0.3) is 0 Å². The van der Waals surface area contributed by atoms with Gasteiger partial charge >= 0.3 is 0 Å². The first-order valence-corrected chi connectivity index (χ1v) is 7.18. The Morgan fingerprint density at radius 2 is 2.32 bits per heavy atom. The molecule has 2 heterocycles. The van der Waals surface area contributed by atoms with Crippen molar-refractivity contribution < 1.29 is 4.79 Å². The highest BCUT2D eigenvalue weighted by Crippen LogP contribution is 2.48. The van der Waals surface area contributed by atoms with Crippen LogP contribution in [0.4, 0.5) is 0 Å². The Balaban J connectivity index is 1.97. The summed E-state index contributed by atoms with van der Waals surface area (Å²) in [6, 6.07) is 5.89. The van der Waals surface area contributed by atoms with Crippen molar-refractivity contribution in [2.24, 2.45) is 11.8 Å². The summed E-state index contributed by atoms with van der Waals surface area (Å²) in [5.74, 6) is -0.366. The summed E-state index contributed by atoms with van der Waals surface area (Å²) < 4.78 is 0. The molecule has 5 heteroatoms. The lowest BCUT2D eigenvalue weighted by molar-refractivity contribution is -0.120. The van der Waals surface area contributed by atoms with Crippen LogP contribution in [0.2, 0.25) is 0 Å². The minimum Gasteiger partial charge on any atom is -0.298 e. The van der Waals surface area contributed by atoms with E-state index in [9.17, 15) is 10.1 Å². The number of thioether (sulfide) groups is 1. The quantitative estimate of drug-likeness (QED) is 0.915. The molecule has 19 heavy (non-hydrogen) atoms. The van der Waals surface area contributed by atoms with Crippen molar-refractivity contribution >= 4 is 22.6 Å². The Hall–Kier alpha value is -1.67. The van der Waals surface area contributed by atoms with E-state index in [0.29, 0.717) is 5.04 Å². The molecular weight excluding hydrogens is 258 g/mol. The van der Waals surface area contributed by atoms with Crippen molar-refractivity contribution in [3.8, 4) is 6.07 Å². The summed E-state index contributed by atoms with van der Waals surface area (Å²) in [5.41, 5.74) is 0.891. The summed E-state index contributed by atoms with van der Waals surface area (Å²) in [5, 5.41) is 17.3. The Bertz CT molecular complexity index is 562. The molecule has 2 aliphatic rings. The molecule has 1 aliphatic carbocycles. The number of pyridine rings is 1. The van der Waals surface area contributed by atoms with Crippen LogP contribution in [0.15, 0.2) is 24.5 Å². The average molecular weight is 271 g/mol. The maximum Gasteiger partial charge on any atom is 0.149 e. The van der Waals surface area contributed by atoms with Crippen molar-refractivity contribution in [3.05, 3.63) is 30.1 Å². The first-order chi connectivity index (χ1) is 9.22. The molecule has 0 radical (unpaired) electrons. The second-order valence-electron chi connectivity index (χ2n) is 5.00. The van der Waals surface area contributed by atoms with E-state index in [1.807, 2.05) is 12.1 Å². The Morgan fingerprint density at radius 1 is 1.53 bits per heavy atom. The number of hydrogen-bond donors (Lipinski definition) is 1. The smallest absolute Gasteiger partial charge is 0.149 e. The Labute approximate surface area is 115 Å². The van der Waals surface area contributed by atoms with Crippen molar-refractivity contribution in [1.29, 1.82) is 10.7 Å². The number of ketones is 1. The number of carbonyl (C=O) groups excluding carboxylic acids is 1. The predicted molar refractivity (Wildman–Crippen MR) is 72.9 cm³/mol. The van der Waals surface area contributed by atoms with Crippen molar-refractivity contribution in [2.75, 3.05) is 0 Å².